The van der Waals surface area contributed by atoms with E-state index in [1.807, 2.05) is 19.1 Å². The van der Waals surface area contributed by atoms with Crippen LogP contribution in [0, 0.1) is 6.92 Å². The molecule has 8 heteroatoms. The first-order chi connectivity index (χ1) is 13.2. The monoisotopic (exact) mass is 383 g/mol. The van der Waals surface area contributed by atoms with Gasteiger partial charge in [0.1, 0.15) is 17.0 Å². The molecule has 0 saturated carbocycles. The van der Waals surface area contributed by atoms with Crippen molar-refractivity contribution in [1.29, 1.82) is 0 Å². The quantitative estimate of drug-likeness (QED) is 0.680. The van der Waals surface area contributed by atoms with Crippen LogP contribution >= 0.6 is 11.3 Å². The maximum atomic E-state index is 12.7. The largest absolute Gasteiger partial charge is 0.376 e. The fourth-order valence-electron chi connectivity index (χ4n) is 3.20. The van der Waals surface area contributed by atoms with Gasteiger partial charge in [-0.25, -0.2) is 9.97 Å². The van der Waals surface area contributed by atoms with E-state index in [2.05, 4.69) is 25.6 Å². The van der Waals surface area contributed by atoms with Crippen LogP contribution in [0.5, 0.6) is 0 Å². The Balaban J connectivity index is 1.52. The number of pyridine rings is 1. The Morgan fingerprint density at radius 1 is 1.41 bits per heavy atom. The second kappa shape index (κ2) is 7.98. The topological polar surface area (TPSA) is 89.0 Å². The van der Waals surface area contributed by atoms with Crippen molar-refractivity contribution in [2.24, 2.45) is 0 Å². The van der Waals surface area contributed by atoms with Crippen molar-refractivity contribution < 1.29 is 9.53 Å². The molecule has 4 rings (SSSR count). The van der Waals surface area contributed by atoms with Gasteiger partial charge in [0, 0.05) is 32.1 Å². The predicted octanol–water partition coefficient (Wildman–Crippen LogP) is 2.92. The van der Waals surface area contributed by atoms with Crippen molar-refractivity contribution >= 4 is 33.3 Å². The van der Waals surface area contributed by atoms with Gasteiger partial charge in [-0.3, -0.25) is 9.78 Å². The van der Waals surface area contributed by atoms with Crippen molar-refractivity contribution in [2.45, 2.75) is 32.4 Å². The fourth-order valence-corrected chi connectivity index (χ4v) is 4.27. The average molecular weight is 383 g/mol. The highest BCUT2D eigenvalue weighted by Crippen LogP contribution is 2.33. The van der Waals surface area contributed by atoms with E-state index in [0.29, 0.717) is 18.0 Å². The molecule has 3 aromatic rings. The van der Waals surface area contributed by atoms with Gasteiger partial charge in [-0.05, 0) is 37.0 Å². The number of nitrogens with zero attached hydrogens (tertiary/aromatic N) is 3. The lowest BCUT2D eigenvalue weighted by atomic mass is 10.2. The number of nitrogens with one attached hydrogen (secondary N) is 2. The molecule has 0 aliphatic carbocycles. The third kappa shape index (κ3) is 3.91. The van der Waals surface area contributed by atoms with Gasteiger partial charge in [0.2, 0.25) is 0 Å². The van der Waals surface area contributed by atoms with E-state index in [1.54, 1.807) is 12.4 Å². The third-order valence-electron chi connectivity index (χ3n) is 4.63. The van der Waals surface area contributed by atoms with Gasteiger partial charge < -0.3 is 15.4 Å². The number of rotatable bonds is 6. The zero-order chi connectivity index (χ0) is 18.6. The molecule has 3 aromatic heterocycles. The Labute approximate surface area is 161 Å². The molecule has 7 nitrogen and oxygen atoms in total. The van der Waals surface area contributed by atoms with Crippen molar-refractivity contribution in [3.05, 3.63) is 46.9 Å². The van der Waals surface area contributed by atoms with Crippen LogP contribution in [0.3, 0.4) is 0 Å². The average Bonchev–Trinajstić information content (AvgIpc) is 3.34. The number of carbonyl (C=O) groups excluding carboxylic acids is 1. The summed E-state index contributed by atoms with van der Waals surface area (Å²) in [5.41, 5.74) is 1.86. The molecule has 0 bridgehead atoms. The molecule has 0 aromatic carbocycles. The van der Waals surface area contributed by atoms with Gasteiger partial charge in [-0.1, -0.05) is 6.07 Å². The number of aryl methyl sites for hydroxylation is 1. The molecule has 2 N–H and O–H groups in total. The maximum absolute atomic E-state index is 12.7. The second-order valence-electron chi connectivity index (χ2n) is 6.52. The standard InChI is InChI=1S/C19H21N5O2S/c1-12-15-17(21-10-14-5-3-7-26-14)23-11-24-19(15)27-16(12)18(25)22-9-13-4-2-6-20-8-13/h2,4,6,8,11,14H,3,5,7,9-10H2,1H3,(H,22,25)(H,21,23,24)/t14-/m0/s1. The van der Waals surface area contributed by atoms with Gasteiger partial charge in [0.15, 0.2) is 0 Å². The first-order valence-corrected chi connectivity index (χ1v) is 9.80. The Morgan fingerprint density at radius 3 is 3.11 bits per heavy atom. The number of amides is 1. The van der Waals surface area contributed by atoms with Crippen molar-refractivity contribution in [1.82, 2.24) is 20.3 Å². The Bertz CT molecular complexity index is 938. The Morgan fingerprint density at radius 2 is 2.33 bits per heavy atom. The maximum Gasteiger partial charge on any atom is 0.261 e. The molecule has 1 aliphatic heterocycles. The molecule has 140 valence electrons. The van der Waals surface area contributed by atoms with E-state index in [0.717, 1.165) is 46.6 Å². The minimum absolute atomic E-state index is 0.107. The lowest BCUT2D eigenvalue weighted by Gasteiger charge is -2.12. The second-order valence-corrected chi connectivity index (χ2v) is 7.52. The summed E-state index contributed by atoms with van der Waals surface area (Å²) in [4.78, 5) is 26.9. The fraction of sp³-hybridized carbons (Fsp3) is 0.368. The third-order valence-corrected chi connectivity index (χ3v) is 5.83. The number of ether oxygens (including phenoxy) is 1. The molecule has 0 radical (unpaired) electrons. The molecule has 4 heterocycles. The number of hydrogen-bond acceptors (Lipinski definition) is 7. The Kier molecular flexibility index (Phi) is 5.26. The molecular weight excluding hydrogens is 362 g/mol. The zero-order valence-corrected chi connectivity index (χ0v) is 15.9. The highest BCUT2D eigenvalue weighted by molar-refractivity contribution is 7.20. The van der Waals surface area contributed by atoms with Gasteiger partial charge in [-0.15, -0.1) is 11.3 Å². The summed E-state index contributed by atoms with van der Waals surface area (Å²) in [6, 6.07) is 3.79. The minimum Gasteiger partial charge on any atom is -0.376 e. The molecule has 0 spiro atoms. The highest BCUT2D eigenvalue weighted by Gasteiger charge is 2.20. The van der Waals surface area contributed by atoms with Crippen LogP contribution in [0.4, 0.5) is 5.82 Å². The van der Waals surface area contributed by atoms with Crippen LogP contribution in [0.25, 0.3) is 10.2 Å². The summed E-state index contributed by atoms with van der Waals surface area (Å²) in [6.07, 6.45) is 7.38. The smallest absolute Gasteiger partial charge is 0.261 e. The van der Waals surface area contributed by atoms with Crippen LogP contribution in [0.1, 0.15) is 33.6 Å². The highest BCUT2D eigenvalue weighted by atomic mass is 32.1. The molecule has 27 heavy (non-hydrogen) atoms. The molecule has 0 unspecified atom stereocenters. The molecule has 1 fully saturated rings. The van der Waals surface area contributed by atoms with E-state index in [9.17, 15) is 4.79 Å². The number of thiophene rings is 1. The van der Waals surface area contributed by atoms with Crippen molar-refractivity contribution in [3.63, 3.8) is 0 Å². The first kappa shape index (κ1) is 17.8. The lowest BCUT2D eigenvalue weighted by molar-refractivity contribution is 0.0954. The normalized spacial score (nSPS) is 16.6. The summed E-state index contributed by atoms with van der Waals surface area (Å²) in [5.74, 6) is 0.653. The summed E-state index contributed by atoms with van der Waals surface area (Å²) in [6.45, 7) is 3.92. The molecule has 1 saturated heterocycles. The predicted molar refractivity (Wildman–Crippen MR) is 105 cm³/mol. The summed E-state index contributed by atoms with van der Waals surface area (Å²) in [5, 5.41) is 7.24. The number of fused-ring (bicyclic) bond motifs is 1. The summed E-state index contributed by atoms with van der Waals surface area (Å²) < 4.78 is 5.66. The zero-order valence-electron chi connectivity index (χ0n) is 15.1. The van der Waals surface area contributed by atoms with E-state index >= 15 is 0 Å². The van der Waals surface area contributed by atoms with E-state index in [-0.39, 0.29) is 12.0 Å². The molecule has 1 atom stereocenters. The first-order valence-electron chi connectivity index (χ1n) is 8.99. The van der Waals surface area contributed by atoms with E-state index in [4.69, 9.17) is 4.74 Å². The van der Waals surface area contributed by atoms with Crippen LogP contribution in [-0.2, 0) is 11.3 Å². The number of anilines is 1. The van der Waals surface area contributed by atoms with E-state index < -0.39 is 0 Å². The number of carbonyl (C=O) groups is 1. The van der Waals surface area contributed by atoms with Gasteiger partial charge in [-0.2, -0.15) is 0 Å². The van der Waals surface area contributed by atoms with Crippen LogP contribution in [0.15, 0.2) is 30.9 Å². The summed E-state index contributed by atoms with van der Waals surface area (Å²) in [7, 11) is 0. The minimum atomic E-state index is -0.107. The summed E-state index contributed by atoms with van der Waals surface area (Å²) >= 11 is 1.39. The van der Waals surface area contributed by atoms with E-state index in [1.165, 1.54) is 17.7 Å². The molecular formula is C19H21N5O2S. The van der Waals surface area contributed by atoms with Crippen LogP contribution in [0.2, 0.25) is 0 Å². The lowest BCUT2D eigenvalue weighted by Crippen LogP contribution is -2.22. The number of aromatic nitrogens is 3. The van der Waals surface area contributed by atoms with Gasteiger partial charge in [0.25, 0.3) is 5.91 Å². The SMILES string of the molecule is Cc1c(C(=O)NCc2cccnc2)sc2ncnc(NC[C@@H]3CCCO3)c12. The van der Waals surface area contributed by atoms with Gasteiger partial charge in [0.05, 0.1) is 16.4 Å². The van der Waals surface area contributed by atoms with Gasteiger partial charge >= 0.3 is 0 Å². The van der Waals surface area contributed by atoms with Crippen LogP contribution in [-0.4, -0.2) is 40.1 Å². The van der Waals surface area contributed by atoms with Crippen LogP contribution < -0.4 is 10.6 Å². The number of hydrogen-bond donors (Lipinski definition) is 2. The Hall–Kier alpha value is -2.58. The van der Waals surface area contributed by atoms with Crippen molar-refractivity contribution in [3.8, 4) is 0 Å². The molecule has 1 amide bonds. The van der Waals surface area contributed by atoms with Crippen molar-refractivity contribution in [2.75, 3.05) is 18.5 Å². The molecule has 1 aliphatic rings.